The fourth-order valence-corrected chi connectivity index (χ4v) is 6.68. The summed E-state index contributed by atoms with van der Waals surface area (Å²) in [6.07, 6.45) is 3.59. The van der Waals surface area contributed by atoms with E-state index in [1.165, 1.54) is 18.3 Å². The van der Waals surface area contributed by atoms with Gasteiger partial charge in [-0.1, -0.05) is 18.2 Å². The van der Waals surface area contributed by atoms with Crippen LogP contribution in [0.15, 0.2) is 54.6 Å². The van der Waals surface area contributed by atoms with Gasteiger partial charge in [0.1, 0.15) is 22.5 Å². The molecule has 190 valence electrons. The Kier molecular flexibility index (Phi) is 7.65. The molecule has 0 saturated heterocycles. The molecule has 1 N–H and O–H groups in total. The first-order valence-electron chi connectivity index (χ1n) is 11.6. The number of benzene rings is 2. The Labute approximate surface area is 214 Å². The summed E-state index contributed by atoms with van der Waals surface area (Å²) >= 11 is 1.35. The number of esters is 1. The SMILES string of the molecule is CCOC(=O)c1c(NC(=O)[C@@H](C)N(c2ccc(Oc3ccccc3)cc2)S(C)(=O)=O)sc2c1CCC2. The molecule has 2 aromatic carbocycles. The van der Waals surface area contributed by atoms with Crippen LogP contribution in [0.1, 0.15) is 41.1 Å². The maximum atomic E-state index is 13.3. The maximum absolute atomic E-state index is 13.3. The summed E-state index contributed by atoms with van der Waals surface area (Å²) in [6, 6.07) is 14.6. The lowest BCUT2D eigenvalue weighted by Crippen LogP contribution is -2.45. The number of nitrogens with one attached hydrogen (secondary N) is 1. The van der Waals surface area contributed by atoms with Crippen molar-refractivity contribution in [3.63, 3.8) is 0 Å². The summed E-state index contributed by atoms with van der Waals surface area (Å²) in [4.78, 5) is 26.9. The van der Waals surface area contributed by atoms with Crippen molar-refractivity contribution in [1.82, 2.24) is 0 Å². The molecule has 0 spiro atoms. The van der Waals surface area contributed by atoms with E-state index in [4.69, 9.17) is 9.47 Å². The number of hydrogen-bond acceptors (Lipinski definition) is 7. The number of hydrogen-bond donors (Lipinski definition) is 1. The number of sulfonamides is 1. The van der Waals surface area contributed by atoms with Gasteiger partial charge in [-0.05, 0) is 75.1 Å². The number of carbonyl (C=O) groups is 2. The summed E-state index contributed by atoms with van der Waals surface area (Å²) in [7, 11) is -3.81. The quantitative estimate of drug-likeness (QED) is 0.392. The molecule has 1 atom stereocenters. The summed E-state index contributed by atoms with van der Waals surface area (Å²) in [5, 5.41) is 3.19. The molecule has 0 saturated carbocycles. The molecule has 0 unspecified atom stereocenters. The summed E-state index contributed by atoms with van der Waals surface area (Å²) in [5.41, 5.74) is 1.61. The molecule has 3 aromatic rings. The van der Waals surface area contributed by atoms with Crippen molar-refractivity contribution in [2.75, 3.05) is 22.5 Å². The first-order valence-corrected chi connectivity index (χ1v) is 14.3. The van der Waals surface area contributed by atoms with Gasteiger partial charge in [0.25, 0.3) is 0 Å². The predicted octanol–water partition coefficient (Wildman–Crippen LogP) is 5.00. The van der Waals surface area contributed by atoms with E-state index < -0.39 is 27.9 Å². The Morgan fingerprint density at radius 1 is 1.06 bits per heavy atom. The number of carbonyl (C=O) groups excluding carboxylic acids is 2. The van der Waals surface area contributed by atoms with Crippen molar-refractivity contribution < 1.29 is 27.5 Å². The Morgan fingerprint density at radius 3 is 2.36 bits per heavy atom. The molecule has 36 heavy (non-hydrogen) atoms. The van der Waals surface area contributed by atoms with Crippen LogP contribution in [-0.2, 0) is 32.4 Å². The highest BCUT2D eigenvalue weighted by Gasteiger charge is 2.33. The number of aryl methyl sites for hydroxylation is 1. The van der Waals surface area contributed by atoms with Crippen LogP contribution >= 0.6 is 11.3 Å². The van der Waals surface area contributed by atoms with E-state index in [1.807, 2.05) is 30.3 Å². The zero-order chi connectivity index (χ0) is 25.9. The number of fused-ring (bicyclic) bond motifs is 1. The number of amides is 1. The minimum absolute atomic E-state index is 0.221. The second-order valence-electron chi connectivity index (χ2n) is 8.41. The van der Waals surface area contributed by atoms with E-state index in [2.05, 4.69) is 5.32 Å². The molecule has 10 heteroatoms. The normalized spacial score (nSPS) is 13.5. The molecule has 0 aliphatic heterocycles. The van der Waals surface area contributed by atoms with Gasteiger partial charge in [-0.3, -0.25) is 9.10 Å². The number of anilines is 2. The summed E-state index contributed by atoms with van der Waals surface area (Å²) < 4.78 is 37.5. The number of thiophene rings is 1. The molecular formula is C26H28N2O6S2. The number of ether oxygens (including phenoxy) is 2. The topological polar surface area (TPSA) is 102 Å². The van der Waals surface area contributed by atoms with E-state index in [9.17, 15) is 18.0 Å². The average molecular weight is 529 g/mol. The molecule has 1 amide bonds. The Balaban J connectivity index is 1.56. The first-order chi connectivity index (χ1) is 17.2. The predicted molar refractivity (Wildman–Crippen MR) is 141 cm³/mol. The van der Waals surface area contributed by atoms with Crippen molar-refractivity contribution in [3.05, 3.63) is 70.6 Å². The number of nitrogens with zero attached hydrogens (tertiary/aromatic N) is 1. The van der Waals surface area contributed by atoms with Crippen molar-refractivity contribution >= 4 is 43.9 Å². The smallest absolute Gasteiger partial charge is 0.341 e. The standard InChI is InChI=1S/C26H28N2O6S2/c1-4-33-26(30)23-21-11-8-12-22(21)35-25(23)27-24(29)17(2)28(36(3,31)32)18-13-15-20(16-14-18)34-19-9-6-5-7-10-19/h5-7,9-10,13-17H,4,8,11-12H2,1-3H3,(H,27,29)/t17-/m1/s1. The number of rotatable bonds is 9. The molecule has 1 aliphatic rings. The van der Waals surface area contributed by atoms with Crippen molar-refractivity contribution in [2.24, 2.45) is 0 Å². The fourth-order valence-electron chi connectivity index (χ4n) is 4.22. The van der Waals surface area contributed by atoms with Crippen LogP contribution < -0.4 is 14.4 Å². The van der Waals surface area contributed by atoms with Gasteiger partial charge in [0, 0.05) is 4.88 Å². The lowest BCUT2D eigenvalue weighted by atomic mass is 10.1. The fraction of sp³-hybridized carbons (Fsp3) is 0.308. The van der Waals surface area contributed by atoms with E-state index in [0.29, 0.717) is 27.8 Å². The van der Waals surface area contributed by atoms with Crippen LogP contribution in [0.5, 0.6) is 11.5 Å². The highest BCUT2D eigenvalue weighted by atomic mass is 32.2. The van der Waals surface area contributed by atoms with Crippen LogP contribution in [0.2, 0.25) is 0 Å². The minimum Gasteiger partial charge on any atom is -0.462 e. The maximum Gasteiger partial charge on any atom is 0.341 e. The van der Waals surface area contributed by atoms with Gasteiger partial charge in [0.2, 0.25) is 15.9 Å². The molecule has 1 aliphatic carbocycles. The first kappa shape index (κ1) is 25.7. The van der Waals surface area contributed by atoms with Gasteiger partial charge in [-0.25, -0.2) is 13.2 Å². The van der Waals surface area contributed by atoms with Crippen LogP contribution in [-0.4, -0.2) is 39.2 Å². The van der Waals surface area contributed by atoms with Crippen LogP contribution in [0, 0.1) is 0 Å². The van der Waals surface area contributed by atoms with E-state index in [-0.39, 0.29) is 6.61 Å². The Hall–Kier alpha value is -3.37. The lowest BCUT2D eigenvalue weighted by molar-refractivity contribution is -0.116. The van der Waals surface area contributed by atoms with Crippen LogP contribution in [0.25, 0.3) is 0 Å². The van der Waals surface area contributed by atoms with Gasteiger partial charge >= 0.3 is 5.97 Å². The Morgan fingerprint density at radius 2 is 1.72 bits per heavy atom. The molecule has 1 aromatic heterocycles. The monoisotopic (exact) mass is 528 g/mol. The third kappa shape index (κ3) is 5.55. The second kappa shape index (κ2) is 10.7. The highest BCUT2D eigenvalue weighted by Crippen LogP contribution is 2.40. The highest BCUT2D eigenvalue weighted by molar-refractivity contribution is 7.92. The average Bonchev–Trinajstić information content (AvgIpc) is 3.41. The van der Waals surface area contributed by atoms with Gasteiger partial charge < -0.3 is 14.8 Å². The van der Waals surface area contributed by atoms with Gasteiger partial charge in [-0.15, -0.1) is 11.3 Å². The second-order valence-corrected chi connectivity index (χ2v) is 11.4. The molecule has 4 rings (SSSR count). The lowest BCUT2D eigenvalue weighted by Gasteiger charge is -2.28. The molecule has 8 nitrogen and oxygen atoms in total. The van der Waals surface area contributed by atoms with Crippen molar-refractivity contribution in [2.45, 2.75) is 39.2 Å². The number of para-hydroxylation sites is 1. The summed E-state index contributed by atoms with van der Waals surface area (Å²) in [5.74, 6) is 0.158. The zero-order valence-electron chi connectivity index (χ0n) is 20.3. The van der Waals surface area contributed by atoms with Gasteiger partial charge in [0.05, 0.1) is 24.1 Å². The van der Waals surface area contributed by atoms with E-state index in [0.717, 1.165) is 40.3 Å². The van der Waals surface area contributed by atoms with Gasteiger partial charge in [-0.2, -0.15) is 0 Å². The van der Waals surface area contributed by atoms with E-state index in [1.54, 1.807) is 31.2 Å². The zero-order valence-corrected chi connectivity index (χ0v) is 21.9. The van der Waals surface area contributed by atoms with Crippen LogP contribution in [0.3, 0.4) is 0 Å². The summed E-state index contributed by atoms with van der Waals surface area (Å²) in [6.45, 7) is 3.46. The van der Waals surface area contributed by atoms with Crippen molar-refractivity contribution in [3.8, 4) is 11.5 Å². The van der Waals surface area contributed by atoms with Crippen LogP contribution in [0.4, 0.5) is 10.7 Å². The molecular weight excluding hydrogens is 500 g/mol. The third-order valence-electron chi connectivity index (χ3n) is 5.80. The largest absolute Gasteiger partial charge is 0.462 e. The molecule has 0 fully saturated rings. The molecule has 0 bridgehead atoms. The third-order valence-corrected chi connectivity index (χ3v) is 8.25. The Bertz CT molecular complexity index is 1350. The van der Waals surface area contributed by atoms with Gasteiger partial charge in [0.15, 0.2) is 0 Å². The van der Waals surface area contributed by atoms with E-state index >= 15 is 0 Å². The molecule has 0 radical (unpaired) electrons. The minimum atomic E-state index is -3.81. The van der Waals surface area contributed by atoms with Crippen molar-refractivity contribution in [1.29, 1.82) is 0 Å². The molecule has 1 heterocycles.